The monoisotopic (exact) mass is 290 g/mol. The molecule has 1 rings (SSSR count). The van der Waals surface area contributed by atoms with Crippen LogP contribution in [0.1, 0.15) is 23.7 Å². The van der Waals surface area contributed by atoms with Crippen LogP contribution in [-0.2, 0) is 9.84 Å². The minimum atomic E-state index is -3.06. The van der Waals surface area contributed by atoms with Gasteiger partial charge in [-0.2, -0.15) is 0 Å². The Morgan fingerprint density at radius 2 is 2.11 bits per heavy atom. The van der Waals surface area contributed by atoms with Gasteiger partial charge in [-0.15, -0.1) is 0 Å². The molecule has 19 heavy (non-hydrogen) atoms. The zero-order valence-electron chi connectivity index (χ0n) is 10.4. The number of hydrogen-bond donors (Lipinski definition) is 1. The van der Waals surface area contributed by atoms with Gasteiger partial charge in [0.05, 0.1) is 12.4 Å². The molecular weight excluding hydrogens is 275 g/mol. The Balaban J connectivity index is 2.61. The second kappa shape index (κ2) is 6.51. The molecule has 5 nitrogen and oxygen atoms in total. The van der Waals surface area contributed by atoms with Crippen molar-refractivity contribution in [2.45, 2.75) is 13.3 Å². The van der Waals surface area contributed by atoms with E-state index in [1.807, 2.05) is 0 Å². The number of hydrogen-bond acceptors (Lipinski definition) is 4. The summed E-state index contributed by atoms with van der Waals surface area (Å²) >= 11 is 0. The molecule has 0 fully saturated rings. The second-order valence-electron chi connectivity index (χ2n) is 3.88. The molecule has 0 aliphatic rings. The lowest BCUT2D eigenvalue weighted by atomic mass is 10.2. The highest BCUT2D eigenvalue weighted by molar-refractivity contribution is 7.91. The third kappa shape index (κ3) is 4.86. The number of carbonyl (C=O) groups is 1. The number of carboxylic acids is 1. The largest absolute Gasteiger partial charge is 0.493 e. The number of benzene rings is 1. The van der Waals surface area contributed by atoms with Gasteiger partial charge in [-0.1, -0.05) is 6.92 Å². The van der Waals surface area contributed by atoms with Crippen molar-refractivity contribution in [1.82, 2.24) is 0 Å². The Hall–Kier alpha value is -1.63. The van der Waals surface area contributed by atoms with Crippen LogP contribution in [0.25, 0.3) is 0 Å². The average molecular weight is 290 g/mol. The van der Waals surface area contributed by atoms with Crippen LogP contribution in [0.4, 0.5) is 4.39 Å². The van der Waals surface area contributed by atoms with Gasteiger partial charge in [-0.25, -0.2) is 17.6 Å². The van der Waals surface area contributed by atoms with Crippen LogP contribution in [-0.4, -0.2) is 37.6 Å². The predicted octanol–water partition coefficient (Wildman–Crippen LogP) is 1.73. The van der Waals surface area contributed by atoms with Crippen molar-refractivity contribution in [3.63, 3.8) is 0 Å². The smallest absolute Gasteiger partial charge is 0.339 e. The van der Waals surface area contributed by atoms with Crippen LogP contribution in [0.5, 0.6) is 5.75 Å². The number of rotatable bonds is 7. The SMILES string of the molecule is CCS(=O)(=O)CCCOc1ccc(F)cc1C(=O)O. The number of carboxylic acid groups (broad SMARTS) is 1. The first-order valence-corrected chi connectivity index (χ1v) is 7.54. The minimum Gasteiger partial charge on any atom is -0.493 e. The zero-order chi connectivity index (χ0) is 14.5. The van der Waals surface area contributed by atoms with Crippen LogP contribution in [0.2, 0.25) is 0 Å². The van der Waals surface area contributed by atoms with Gasteiger partial charge in [-0.05, 0) is 24.6 Å². The number of sulfone groups is 1. The van der Waals surface area contributed by atoms with E-state index in [1.54, 1.807) is 6.92 Å². The van der Waals surface area contributed by atoms with Gasteiger partial charge >= 0.3 is 5.97 Å². The number of ether oxygens (including phenoxy) is 1. The first-order chi connectivity index (χ1) is 8.85. The van der Waals surface area contributed by atoms with Crippen LogP contribution >= 0.6 is 0 Å². The Labute approximate surface area is 110 Å². The molecule has 1 N–H and O–H groups in total. The molecule has 0 amide bonds. The molecule has 0 saturated heterocycles. The van der Waals surface area contributed by atoms with E-state index in [-0.39, 0.29) is 35.8 Å². The molecule has 0 saturated carbocycles. The summed E-state index contributed by atoms with van der Waals surface area (Å²) in [6, 6.07) is 3.16. The molecule has 0 aromatic heterocycles. The summed E-state index contributed by atoms with van der Waals surface area (Å²) in [6.45, 7) is 1.61. The molecule has 0 unspecified atom stereocenters. The molecule has 7 heteroatoms. The summed E-state index contributed by atoms with van der Waals surface area (Å²) in [6.07, 6.45) is 0.257. The van der Waals surface area contributed by atoms with Gasteiger partial charge in [0.15, 0.2) is 0 Å². The van der Waals surface area contributed by atoms with Crippen molar-refractivity contribution in [1.29, 1.82) is 0 Å². The maximum absolute atomic E-state index is 12.9. The van der Waals surface area contributed by atoms with Crippen molar-refractivity contribution >= 4 is 15.8 Å². The van der Waals surface area contributed by atoms with Crippen LogP contribution < -0.4 is 4.74 Å². The van der Waals surface area contributed by atoms with E-state index in [1.165, 1.54) is 6.07 Å². The second-order valence-corrected chi connectivity index (χ2v) is 6.36. The van der Waals surface area contributed by atoms with Crippen molar-refractivity contribution in [2.75, 3.05) is 18.1 Å². The summed E-state index contributed by atoms with van der Waals surface area (Å²) in [7, 11) is -3.06. The van der Waals surface area contributed by atoms with E-state index in [0.717, 1.165) is 12.1 Å². The van der Waals surface area contributed by atoms with E-state index >= 15 is 0 Å². The maximum atomic E-state index is 12.9. The topological polar surface area (TPSA) is 80.7 Å². The highest BCUT2D eigenvalue weighted by Crippen LogP contribution is 2.19. The Morgan fingerprint density at radius 1 is 1.42 bits per heavy atom. The van der Waals surface area contributed by atoms with Crippen molar-refractivity contribution in [3.05, 3.63) is 29.6 Å². The fraction of sp³-hybridized carbons (Fsp3) is 0.417. The third-order valence-corrected chi connectivity index (χ3v) is 4.26. The zero-order valence-corrected chi connectivity index (χ0v) is 11.2. The quantitative estimate of drug-likeness (QED) is 0.773. The summed E-state index contributed by atoms with van der Waals surface area (Å²) in [5.74, 6) is -1.89. The molecule has 0 heterocycles. The number of aromatic carboxylic acids is 1. The van der Waals surface area contributed by atoms with E-state index in [0.29, 0.717) is 0 Å². The van der Waals surface area contributed by atoms with E-state index in [9.17, 15) is 17.6 Å². The number of halogens is 1. The van der Waals surface area contributed by atoms with Crippen molar-refractivity contribution < 1.29 is 27.4 Å². The summed E-state index contributed by atoms with van der Waals surface area (Å²) in [5, 5.41) is 8.87. The summed E-state index contributed by atoms with van der Waals surface area (Å²) in [5.41, 5.74) is -0.279. The molecule has 0 spiro atoms. The Bertz CT molecular complexity index is 553. The summed E-state index contributed by atoms with van der Waals surface area (Å²) < 4.78 is 40.5. The average Bonchev–Trinajstić information content (AvgIpc) is 2.36. The normalized spacial score (nSPS) is 11.3. The third-order valence-electron chi connectivity index (χ3n) is 2.47. The molecule has 106 valence electrons. The first kappa shape index (κ1) is 15.4. The van der Waals surface area contributed by atoms with Gasteiger partial charge in [0.25, 0.3) is 0 Å². The van der Waals surface area contributed by atoms with E-state index < -0.39 is 21.6 Å². The van der Waals surface area contributed by atoms with Gasteiger partial charge in [0.2, 0.25) is 0 Å². The molecule has 0 bridgehead atoms. The lowest BCUT2D eigenvalue weighted by molar-refractivity contribution is 0.0691. The fourth-order valence-corrected chi connectivity index (χ4v) is 2.25. The molecule has 1 aromatic carbocycles. The van der Waals surface area contributed by atoms with Gasteiger partial charge in [0.1, 0.15) is 27.0 Å². The molecule has 0 radical (unpaired) electrons. The van der Waals surface area contributed by atoms with Gasteiger partial charge < -0.3 is 9.84 Å². The first-order valence-electron chi connectivity index (χ1n) is 5.72. The van der Waals surface area contributed by atoms with Crippen LogP contribution in [0.3, 0.4) is 0 Å². The Kier molecular flexibility index (Phi) is 5.29. The highest BCUT2D eigenvalue weighted by atomic mass is 32.2. The lowest BCUT2D eigenvalue weighted by Gasteiger charge is -2.09. The molecule has 0 aliphatic heterocycles. The maximum Gasteiger partial charge on any atom is 0.339 e. The fourth-order valence-electron chi connectivity index (χ4n) is 1.40. The molecular formula is C12H15FO5S. The minimum absolute atomic E-state index is 0.0207. The molecule has 0 atom stereocenters. The van der Waals surface area contributed by atoms with Gasteiger partial charge in [0, 0.05) is 5.75 Å². The predicted molar refractivity (Wildman–Crippen MR) is 67.8 cm³/mol. The van der Waals surface area contributed by atoms with E-state index in [2.05, 4.69) is 0 Å². The molecule has 1 aromatic rings. The highest BCUT2D eigenvalue weighted by Gasteiger charge is 2.13. The standard InChI is InChI=1S/C12H15FO5S/c1-2-19(16,17)7-3-6-18-11-5-4-9(13)8-10(11)12(14)15/h4-5,8H,2-3,6-7H2,1H3,(H,14,15). The van der Waals surface area contributed by atoms with E-state index in [4.69, 9.17) is 9.84 Å². The van der Waals surface area contributed by atoms with Crippen LogP contribution in [0, 0.1) is 5.82 Å². The van der Waals surface area contributed by atoms with Crippen LogP contribution in [0.15, 0.2) is 18.2 Å². The summed E-state index contributed by atoms with van der Waals surface area (Å²) in [4.78, 5) is 10.9. The van der Waals surface area contributed by atoms with Gasteiger partial charge in [-0.3, -0.25) is 0 Å². The van der Waals surface area contributed by atoms with Crippen molar-refractivity contribution in [2.24, 2.45) is 0 Å². The Morgan fingerprint density at radius 3 is 2.68 bits per heavy atom. The van der Waals surface area contributed by atoms with Crippen molar-refractivity contribution in [3.8, 4) is 5.75 Å². The molecule has 0 aliphatic carbocycles. The lowest BCUT2D eigenvalue weighted by Crippen LogP contribution is -2.12.